The lowest BCUT2D eigenvalue weighted by molar-refractivity contribution is -0.110. The number of nitrogens with one attached hydrogen (secondary N) is 1. The first-order chi connectivity index (χ1) is 10.6. The first-order valence-electron chi connectivity index (χ1n) is 6.49. The normalized spacial score (nSPS) is 15.9. The lowest BCUT2D eigenvalue weighted by Crippen LogP contribution is -2.09. The van der Waals surface area contributed by atoms with Crippen molar-refractivity contribution in [3.8, 4) is 0 Å². The fourth-order valence-corrected chi connectivity index (χ4v) is 3.42. The number of hydrogen-bond donors (Lipinski definition) is 1. The van der Waals surface area contributed by atoms with Crippen LogP contribution in [-0.4, -0.2) is 20.1 Å². The predicted octanol–water partition coefficient (Wildman–Crippen LogP) is 2.88. The summed E-state index contributed by atoms with van der Waals surface area (Å²) in [7, 11) is -0.708. The Morgan fingerprint density at radius 3 is 2.64 bits per heavy atom. The molecule has 0 atom stereocenters. The number of carbonyl (C=O) groups excluding carboxylic acids is 1. The lowest BCUT2D eigenvalue weighted by atomic mass is 10.1. The number of rotatable bonds is 4. The third-order valence-electron chi connectivity index (χ3n) is 3.44. The summed E-state index contributed by atoms with van der Waals surface area (Å²) in [5.41, 5.74) is 2.62. The molecule has 0 unspecified atom stereocenters. The number of carbonyl (C=O) groups is 1. The summed E-state index contributed by atoms with van der Waals surface area (Å²) in [5.74, 6) is -0.224. The molecule has 0 radical (unpaired) electrons. The number of furan rings is 1. The second kappa shape index (κ2) is 5.57. The molecular formula is C15H14NO5P. The zero-order valence-corrected chi connectivity index (χ0v) is 12.9. The standard InChI is InChI=1S/C15H14NO5P/c1-19-22(18,20-2)11-3-4-12-13(7-10-5-6-21-9-10)15(17)16-14(12)8-11/h3-9H,1-2H3,(H,16,17)/b13-7-. The number of fused-ring (bicyclic) bond motifs is 1. The first-order valence-corrected chi connectivity index (χ1v) is 8.03. The van der Waals surface area contributed by atoms with Crippen LogP contribution in [0.3, 0.4) is 0 Å². The molecule has 2 aromatic rings. The molecule has 7 heteroatoms. The SMILES string of the molecule is COP(=O)(OC)c1ccc2c(c1)NC(=O)/C2=C\c1ccoc1. The molecule has 22 heavy (non-hydrogen) atoms. The maximum Gasteiger partial charge on any atom is 0.360 e. The summed E-state index contributed by atoms with van der Waals surface area (Å²) in [6.45, 7) is 0. The van der Waals surface area contributed by atoms with Crippen molar-refractivity contribution in [2.45, 2.75) is 0 Å². The summed E-state index contributed by atoms with van der Waals surface area (Å²) in [6.07, 6.45) is 4.82. The minimum atomic E-state index is -3.35. The van der Waals surface area contributed by atoms with Gasteiger partial charge in [0, 0.05) is 36.6 Å². The average molecular weight is 319 g/mol. The van der Waals surface area contributed by atoms with Gasteiger partial charge in [-0.1, -0.05) is 6.07 Å². The highest BCUT2D eigenvalue weighted by Gasteiger charge is 2.29. The molecule has 1 amide bonds. The van der Waals surface area contributed by atoms with Crippen molar-refractivity contribution in [1.29, 1.82) is 0 Å². The van der Waals surface area contributed by atoms with Crippen molar-refractivity contribution in [3.63, 3.8) is 0 Å². The molecular weight excluding hydrogens is 305 g/mol. The van der Waals surface area contributed by atoms with Gasteiger partial charge >= 0.3 is 7.60 Å². The molecule has 3 rings (SSSR count). The van der Waals surface area contributed by atoms with Gasteiger partial charge in [-0.2, -0.15) is 0 Å². The molecule has 2 heterocycles. The topological polar surface area (TPSA) is 77.8 Å². The molecule has 1 N–H and O–H groups in total. The van der Waals surface area contributed by atoms with Crippen LogP contribution in [0, 0.1) is 0 Å². The van der Waals surface area contributed by atoms with Crippen molar-refractivity contribution in [2.75, 3.05) is 19.5 Å². The van der Waals surface area contributed by atoms with Crippen molar-refractivity contribution in [1.82, 2.24) is 0 Å². The molecule has 6 nitrogen and oxygen atoms in total. The summed E-state index contributed by atoms with van der Waals surface area (Å²) in [5, 5.41) is 3.14. The van der Waals surface area contributed by atoms with Crippen LogP contribution in [-0.2, 0) is 18.4 Å². The van der Waals surface area contributed by atoms with Gasteiger partial charge in [0.25, 0.3) is 5.91 Å². The van der Waals surface area contributed by atoms with E-state index in [1.165, 1.54) is 20.5 Å². The van der Waals surface area contributed by atoms with E-state index >= 15 is 0 Å². The van der Waals surface area contributed by atoms with Gasteiger partial charge in [-0.05, 0) is 24.3 Å². The van der Waals surface area contributed by atoms with Gasteiger partial charge in [-0.15, -0.1) is 0 Å². The minimum absolute atomic E-state index is 0.224. The van der Waals surface area contributed by atoms with E-state index in [4.69, 9.17) is 13.5 Å². The second-order valence-electron chi connectivity index (χ2n) is 4.66. The van der Waals surface area contributed by atoms with E-state index in [1.54, 1.807) is 36.6 Å². The van der Waals surface area contributed by atoms with Gasteiger partial charge in [-0.3, -0.25) is 9.36 Å². The maximum absolute atomic E-state index is 12.4. The van der Waals surface area contributed by atoms with E-state index in [9.17, 15) is 9.36 Å². The van der Waals surface area contributed by atoms with Crippen LogP contribution >= 0.6 is 7.60 Å². The molecule has 1 aromatic carbocycles. The summed E-state index contributed by atoms with van der Waals surface area (Å²) in [6, 6.07) is 6.73. The van der Waals surface area contributed by atoms with Crippen molar-refractivity contribution >= 4 is 36.1 Å². The van der Waals surface area contributed by atoms with Crippen LogP contribution < -0.4 is 10.6 Å². The van der Waals surface area contributed by atoms with E-state index in [0.29, 0.717) is 16.6 Å². The van der Waals surface area contributed by atoms with E-state index in [-0.39, 0.29) is 5.91 Å². The summed E-state index contributed by atoms with van der Waals surface area (Å²) < 4.78 is 27.3. The molecule has 0 saturated heterocycles. The number of amides is 1. The third kappa shape index (κ3) is 2.41. The Balaban J connectivity index is 2.05. The number of hydrogen-bond acceptors (Lipinski definition) is 5. The molecule has 0 aliphatic carbocycles. The van der Waals surface area contributed by atoms with Crippen LogP contribution in [0.5, 0.6) is 0 Å². The van der Waals surface area contributed by atoms with E-state index in [0.717, 1.165) is 11.1 Å². The summed E-state index contributed by atoms with van der Waals surface area (Å²) >= 11 is 0. The van der Waals surface area contributed by atoms with E-state index in [2.05, 4.69) is 5.32 Å². The minimum Gasteiger partial charge on any atom is -0.472 e. The highest BCUT2D eigenvalue weighted by molar-refractivity contribution is 7.62. The van der Waals surface area contributed by atoms with Crippen molar-refractivity contribution < 1.29 is 22.8 Å². The highest BCUT2D eigenvalue weighted by atomic mass is 31.2. The summed E-state index contributed by atoms with van der Waals surface area (Å²) in [4.78, 5) is 12.1. The van der Waals surface area contributed by atoms with E-state index < -0.39 is 7.60 Å². The Kier molecular flexibility index (Phi) is 3.74. The molecule has 114 valence electrons. The third-order valence-corrected chi connectivity index (χ3v) is 5.31. The average Bonchev–Trinajstić information content (AvgIpc) is 3.15. The first kappa shape index (κ1) is 14.8. The molecule has 1 aliphatic rings. The molecule has 0 bridgehead atoms. The largest absolute Gasteiger partial charge is 0.472 e. The van der Waals surface area contributed by atoms with Crippen molar-refractivity contribution in [2.24, 2.45) is 0 Å². The molecule has 0 saturated carbocycles. The Morgan fingerprint density at radius 1 is 1.23 bits per heavy atom. The lowest BCUT2D eigenvalue weighted by Gasteiger charge is -2.14. The number of anilines is 1. The molecule has 1 aromatic heterocycles. The fourth-order valence-electron chi connectivity index (χ4n) is 2.31. The second-order valence-corrected chi connectivity index (χ2v) is 6.90. The smallest absolute Gasteiger partial charge is 0.360 e. The van der Waals surface area contributed by atoms with Gasteiger partial charge in [0.05, 0.1) is 17.8 Å². The number of benzene rings is 1. The quantitative estimate of drug-likeness (QED) is 0.692. The van der Waals surface area contributed by atoms with Gasteiger partial charge in [0.1, 0.15) is 0 Å². The Morgan fingerprint density at radius 2 is 2.00 bits per heavy atom. The zero-order chi connectivity index (χ0) is 15.7. The van der Waals surface area contributed by atoms with Crippen molar-refractivity contribution in [3.05, 3.63) is 47.9 Å². The van der Waals surface area contributed by atoms with Crippen LogP contribution in [0.4, 0.5) is 5.69 Å². The Hall–Kier alpha value is -2.14. The van der Waals surface area contributed by atoms with Gasteiger partial charge in [-0.25, -0.2) is 0 Å². The van der Waals surface area contributed by atoms with Gasteiger partial charge in [0.2, 0.25) is 0 Å². The van der Waals surface area contributed by atoms with Gasteiger partial charge < -0.3 is 18.8 Å². The Bertz CT molecular complexity index is 786. The van der Waals surface area contributed by atoms with Crippen LogP contribution in [0.2, 0.25) is 0 Å². The predicted molar refractivity (Wildman–Crippen MR) is 82.9 cm³/mol. The fraction of sp³-hybridized carbons (Fsp3) is 0.133. The van der Waals surface area contributed by atoms with E-state index in [1.807, 2.05) is 0 Å². The molecule has 0 fully saturated rings. The highest BCUT2D eigenvalue weighted by Crippen LogP contribution is 2.46. The molecule has 0 spiro atoms. The maximum atomic E-state index is 12.4. The monoisotopic (exact) mass is 319 g/mol. The Labute approximate surface area is 127 Å². The van der Waals surface area contributed by atoms with Crippen LogP contribution in [0.25, 0.3) is 11.6 Å². The zero-order valence-electron chi connectivity index (χ0n) is 12.0. The molecule has 1 aliphatic heterocycles. The van der Waals surface area contributed by atoms with Gasteiger partial charge in [0.15, 0.2) is 0 Å². The van der Waals surface area contributed by atoms with Crippen LogP contribution in [0.15, 0.2) is 41.2 Å². The van der Waals surface area contributed by atoms with Crippen LogP contribution in [0.1, 0.15) is 11.1 Å².